The average Bonchev–Trinajstić information content (AvgIpc) is 3.23. The molecule has 0 radical (unpaired) electrons. The zero-order chi connectivity index (χ0) is 17.9. The van der Waals surface area contributed by atoms with E-state index in [2.05, 4.69) is 0 Å². The van der Waals surface area contributed by atoms with Gasteiger partial charge < -0.3 is 19.3 Å². The van der Waals surface area contributed by atoms with Gasteiger partial charge in [-0.3, -0.25) is 9.59 Å². The average molecular weight is 376 g/mol. The molecule has 2 saturated heterocycles. The summed E-state index contributed by atoms with van der Waals surface area (Å²) in [5.74, 6) is 2.52. The van der Waals surface area contributed by atoms with E-state index in [1.165, 1.54) is 11.8 Å². The molecule has 0 aromatic heterocycles. The van der Waals surface area contributed by atoms with E-state index >= 15 is 0 Å². The van der Waals surface area contributed by atoms with Gasteiger partial charge in [-0.15, -0.1) is 0 Å². The third-order valence-electron chi connectivity index (χ3n) is 5.17. The Bertz CT molecular complexity index is 696. The summed E-state index contributed by atoms with van der Waals surface area (Å²) in [6, 6.07) is 6.11. The number of fused-ring (bicyclic) bond motifs is 1. The van der Waals surface area contributed by atoms with Crippen LogP contribution in [0.3, 0.4) is 0 Å². The normalized spacial score (nSPS) is 22.6. The topological polar surface area (TPSA) is 59.1 Å². The van der Waals surface area contributed by atoms with Crippen LogP contribution in [0.5, 0.6) is 11.5 Å². The van der Waals surface area contributed by atoms with E-state index in [4.69, 9.17) is 9.47 Å². The highest BCUT2D eigenvalue weighted by Crippen LogP contribution is 2.38. The number of likely N-dealkylation sites (tertiary alicyclic amines) is 1. The number of thioether (sulfide) groups is 1. The summed E-state index contributed by atoms with van der Waals surface area (Å²) in [6.07, 6.45) is 3.24. The number of amides is 2. The van der Waals surface area contributed by atoms with E-state index in [1.807, 2.05) is 23.1 Å². The van der Waals surface area contributed by atoms with Crippen molar-refractivity contribution >= 4 is 22.9 Å². The zero-order valence-electron chi connectivity index (χ0n) is 14.8. The first kappa shape index (κ1) is 17.5. The predicted molar refractivity (Wildman–Crippen MR) is 99.8 cm³/mol. The van der Waals surface area contributed by atoms with Crippen molar-refractivity contribution in [3.05, 3.63) is 23.8 Å². The third-order valence-corrected chi connectivity index (χ3v) is 6.06. The lowest BCUT2D eigenvalue weighted by Gasteiger charge is -2.26. The van der Waals surface area contributed by atoms with Crippen LogP contribution in [0.1, 0.15) is 37.3 Å². The number of carbonyl (C=O) groups excluding carboxylic acids is 2. The summed E-state index contributed by atoms with van der Waals surface area (Å²) in [5.41, 5.74) is 1.10. The number of benzene rings is 1. The fourth-order valence-corrected chi connectivity index (χ4v) is 4.65. The van der Waals surface area contributed by atoms with Crippen molar-refractivity contribution < 1.29 is 19.1 Å². The molecule has 1 atom stereocenters. The fraction of sp³-hybridized carbons (Fsp3) is 0.579. The number of nitrogens with zero attached hydrogens (tertiary/aromatic N) is 2. The van der Waals surface area contributed by atoms with Gasteiger partial charge in [0.1, 0.15) is 0 Å². The molecule has 6 nitrogen and oxygen atoms in total. The molecule has 0 aliphatic carbocycles. The maximum Gasteiger partial charge on any atom is 0.281 e. The minimum absolute atomic E-state index is 0.0864. The van der Waals surface area contributed by atoms with Crippen molar-refractivity contribution in [3.63, 3.8) is 0 Å². The fourth-order valence-electron chi connectivity index (χ4n) is 3.80. The molecule has 0 spiro atoms. The Kier molecular flexibility index (Phi) is 5.24. The van der Waals surface area contributed by atoms with Crippen LogP contribution in [0.2, 0.25) is 0 Å². The van der Waals surface area contributed by atoms with E-state index in [0.29, 0.717) is 26.2 Å². The molecule has 26 heavy (non-hydrogen) atoms. The number of rotatable bonds is 4. The lowest BCUT2D eigenvalue weighted by Crippen LogP contribution is -2.34. The number of hydrogen-bond donors (Lipinski definition) is 0. The van der Waals surface area contributed by atoms with Crippen LogP contribution in [0.25, 0.3) is 0 Å². The standard InChI is InChI=1S/C19H24N2O4S/c22-18(6-8-20-9-12-26-19(20)23)21-7-1-3-15(21)14-4-5-16-17(13-14)25-11-2-10-24-16/h4-5,13,15H,1-3,6-12H2. The molecular weight excluding hydrogens is 352 g/mol. The second-order valence-electron chi connectivity index (χ2n) is 6.85. The summed E-state index contributed by atoms with van der Waals surface area (Å²) < 4.78 is 11.5. The number of hydrogen-bond acceptors (Lipinski definition) is 5. The lowest BCUT2D eigenvalue weighted by molar-refractivity contribution is -0.132. The van der Waals surface area contributed by atoms with Gasteiger partial charge in [0, 0.05) is 38.2 Å². The highest BCUT2D eigenvalue weighted by molar-refractivity contribution is 8.13. The highest BCUT2D eigenvalue weighted by Gasteiger charge is 2.31. The molecule has 140 valence electrons. The quantitative estimate of drug-likeness (QED) is 0.808. The van der Waals surface area contributed by atoms with Gasteiger partial charge >= 0.3 is 0 Å². The molecule has 0 N–H and O–H groups in total. The van der Waals surface area contributed by atoms with Crippen LogP contribution < -0.4 is 9.47 Å². The van der Waals surface area contributed by atoms with Gasteiger partial charge in [-0.25, -0.2) is 0 Å². The van der Waals surface area contributed by atoms with E-state index in [1.54, 1.807) is 4.90 Å². The van der Waals surface area contributed by atoms with Crippen LogP contribution in [0.15, 0.2) is 18.2 Å². The zero-order valence-corrected chi connectivity index (χ0v) is 15.6. The summed E-state index contributed by atoms with van der Waals surface area (Å²) >= 11 is 1.34. The van der Waals surface area contributed by atoms with Gasteiger partial charge in [0.15, 0.2) is 11.5 Å². The van der Waals surface area contributed by atoms with E-state index in [9.17, 15) is 9.59 Å². The Morgan fingerprint density at radius 1 is 1.15 bits per heavy atom. The number of carbonyl (C=O) groups is 2. The Hall–Kier alpha value is -1.89. The van der Waals surface area contributed by atoms with Crippen LogP contribution >= 0.6 is 11.8 Å². The third kappa shape index (κ3) is 3.63. The van der Waals surface area contributed by atoms with Crippen molar-refractivity contribution in [3.8, 4) is 11.5 Å². The molecule has 1 aromatic rings. The van der Waals surface area contributed by atoms with Crippen LogP contribution in [0, 0.1) is 0 Å². The Morgan fingerprint density at radius 3 is 2.81 bits per heavy atom. The van der Waals surface area contributed by atoms with Gasteiger partial charge in [0.25, 0.3) is 5.24 Å². The first-order valence-corrected chi connectivity index (χ1v) is 10.3. The van der Waals surface area contributed by atoms with E-state index < -0.39 is 0 Å². The maximum absolute atomic E-state index is 12.8. The molecular formula is C19H24N2O4S. The van der Waals surface area contributed by atoms with Gasteiger partial charge in [-0.2, -0.15) is 0 Å². The van der Waals surface area contributed by atoms with E-state index in [0.717, 1.165) is 55.2 Å². The van der Waals surface area contributed by atoms with Crippen molar-refractivity contribution in [1.29, 1.82) is 0 Å². The van der Waals surface area contributed by atoms with Crippen molar-refractivity contribution in [2.45, 2.75) is 31.7 Å². The smallest absolute Gasteiger partial charge is 0.281 e. The molecule has 7 heteroatoms. The molecule has 4 rings (SSSR count). The molecule has 0 saturated carbocycles. The predicted octanol–water partition coefficient (Wildman–Crippen LogP) is 3.07. The van der Waals surface area contributed by atoms with Crippen LogP contribution in [-0.2, 0) is 4.79 Å². The van der Waals surface area contributed by atoms with Crippen LogP contribution in [0.4, 0.5) is 4.79 Å². The highest BCUT2D eigenvalue weighted by atomic mass is 32.2. The van der Waals surface area contributed by atoms with Gasteiger partial charge in [-0.05, 0) is 30.5 Å². The molecule has 3 heterocycles. The van der Waals surface area contributed by atoms with Gasteiger partial charge in [-0.1, -0.05) is 17.8 Å². The molecule has 1 unspecified atom stereocenters. The van der Waals surface area contributed by atoms with E-state index in [-0.39, 0.29) is 17.2 Å². The van der Waals surface area contributed by atoms with Crippen molar-refractivity contribution in [1.82, 2.24) is 9.80 Å². The molecule has 3 aliphatic heterocycles. The second-order valence-corrected chi connectivity index (χ2v) is 7.90. The largest absolute Gasteiger partial charge is 0.490 e. The summed E-state index contributed by atoms with van der Waals surface area (Å²) in [7, 11) is 0. The Labute approximate surface area is 157 Å². The lowest BCUT2D eigenvalue weighted by atomic mass is 10.0. The summed E-state index contributed by atoms with van der Waals surface area (Å²) in [4.78, 5) is 28.2. The molecule has 0 bridgehead atoms. The first-order chi connectivity index (χ1) is 12.7. The second kappa shape index (κ2) is 7.78. The molecule has 2 fully saturated rings. The van der Waals surface area contributed by atoms with Crippen molar-refractivity contribution in [2.24, 2.45) is 0 Å². The monoisotopic (exact) mass is 376 g/mol. The molecule has 3 aliphatic rings. The molecule has 2 amide bonds. The van der Waals surface area contributed by atoms with Crippen molar-refractivity contribution in [2.75, 3.05) is 38.6 Å². The first-order valence-electron chi connectivity index (χ1n) is 9.33. The summed E-state index contributed by atoms with van der Waals surface area (Å²) in [6.45, 7) is 3.39. The SMILES string of the molecule is O=C1SCCN1CCC(=O)N1CCCC1c1ccc2c(c1)OCCCO2. The summed E-state index contributed by atoms with van der Waals surface area (Å²) in [5, 5.41) is 0.0960. The Balaban J connectivity index is 1.43. The van der Waals surface area contributed by atoms with Gasteiger partial charge in [0.2, 0.25) is 5.91 Å². The van der Waals surface area contributed by atoms with Gasteiger partial charge in [0.05, 0.1) is 19.3 Å². The Morgan fingerprint density at radius 2 is 2.00 bits per heavy atom. The minimum atomic E-state index is 0.0864. The minimum Gasteiger partial charge on any atom is -0.490 e. The maximum atomic E-state index is 12.8. The molecule has 1 aromatic carbocycles. The van der Waals surface area contributed by atoms with Crippen LogP contribution in [-0.4, -0.2) is 59.5 Å². The number of ether oxygens (including phenoxy) is 2.